The van der Waals surface area contributed by atoms with Crippen LogP contribution in [0.1, 0.15) is 10.4 Å². The Morgan fingerprint density at radius 3 is 2.62 bits per heavy atom. The zero-order valence-corrected chi connectivity index (χ0v) is 11.6. The van der Waals surface area contributed by atoms with E-state index in [1.807, 2.05) is 0 Å². The number of hydrogen-bond donors (Lipinski definition) is 1. The number of hydrogen-bond acceptors (Lipinski definition) is 5. The summed E-state index contributed by atoms with van der Waals surface area (Å²) in [7, 11) is 0. The molecule has 7 nitrogen and oxygen atoms in total. The zero-order chi connectivity index (χ0) is 15.6. The van der Waals surface area contributed by atoms with Crippen LogP contribution in [0.3, 0.4) is 0 Å². The van der Waals surface area contributed by atoms with E-state index in [4.69, 9.17) is 33.0 Å². The highest BCUT2D eigenvalue weighted by Crippen LogP contribution is 2.32. The van der Waals surface area contributed by atoms with Gasteiger partial charge in [0, 0.05) is 11.1 Å². The fourth-order valence-corrected chi connectivity index (χ4v) is 1.88. The molecule has 2 rings (SSSR count). The van der Waals surface area contributed by atoms with Gasteiger partial charge in [0.15, 0.2) is 0 Å². The molecule has 0 unspecified atom stereocenters. The maximum atomic E-state index is 11.1. The molecule has 0 atom stereocenters. The van der Waals surface area contributed by atoms with Gasteiger partial charge in [0.05, 0.1) is 9.95 Å². The van der Waals surface area contributed by atoms with Crippen molar-refractivity contribution in [2.24, 2.45) is 0 Å². The Bertz CT molecular complexity index is 736. The summed E-state index contributed by atoms with van der Waals surface area (Å²) in [6, 6.07) is 5.19. The molecule has 0 amide bonds. The second kappa shape index (κ2) is 5.94. The molecule has 0 fully saturated rings. The van der Waals surface area contributed by atoms with E-state index in [0.29, 0.717) is 5.02 Å². The summed E-state index contributed by atoms with van der Waals surface area (Å²) in [6.45, 7) is 0. The summed E-state index contributed by atoms with van der Waals surface area (Å²) in [5, 5.41) is 20.2. The number of nitrogens with zero attached hydrogens (tertiary/aromatic N) is 2. The van der Waals surface area contributed by atoms with Crippen molar-refractivity contribution in [3.8, 4) is 11.6 Å². The number of halogens is 2. The number of ether oxygens (including phenoxy) is 1. The quantitative estimate of drug-likeness (QED) is 0.676. The molecular formula is C12H6Cl2N2O5. The van der Waals surface area contributed by atoms with Gasteiger partial charge in [0.1, 0.15) is 17.5 Å². The number of nitro groups is 1. The second-order valence-corrected chi connectivity index (χ2v) is 4.63. The number of aromatic nitrogens is 1. The monoisotopic (exact) mass is 328 g/mol. The van der Waals surface area contributed by atoms with Crippen molar-refractivity contribution in [1.82, 2.24) is 4.98 Å². The lowest BCUT2D eigenvalue weighted by Crippen LogP contribution is -2.04. The molecule has 1 aromatic carbocycles. The zero-order valence-electron chi connectivity index (χ0n) is 10.1. The van der Waals surface area contributed by atoms with Crippen molar-refractivity contribution in [3.05, 3.63) is 56.2 Å². The fourth-order valence-electron chi connectivity index (χ4n) is 1.44. The smallest absolute Gasteiger partial charge is 0.341 e. The molecule has 21 heavy (non-hydrogen) atoms. The predicted octanol–water partition coefficient (Wildman–Crippen LogP) is 3.79. The first-order valence-electron chi connectivity index (χ1n) is 5.39. The lowest BCUT2D eigenvalue weighted by Gasteiger charge is -2.09. The molecule has 0 spiro atoms. The van der Waals surface area contributed by atoms with Crippen LogP contribution in [0.2, 0.25) is 10.0 Å². The summed E-state index contributed by atoms with van der Waals surface area (Å²) in [5.74, 6) is -1.59. The molecule has 1 N–H and O–H groups in total. The standard InChI is InChI=1S/C12H6Cl2N2O5/c13-6-1-2-10(9(14)3-6)21-11-8(12(17)18)4-7(5-15-11)16(19)20/h1-5H,(H,17,18). The van der Waals surface area contributed by atoms with Crippen LogP contribution in [0.4, 0.5) is 5.69 Å². The maximum absolute atomic E-state index is 11.1. The number of carbonyl (C=O) groups is 1. The Morgan fingerprint density at radius 1 is 1.33 bits per heavy atom. The molecule has 1 heterocycles. The number of aromatic carboxylic acids is 1. The van der Waals surface area contributed by atoms with Gasteiger partial charge in [-0.25, -0.2) is 9.78 Å². The molecule has 0 radical (unpaired) electrons. The van der Waals surface area contributed by atoms with E-state index in [2.05, 4.69) is 4.98 Å². The Labute approximate surface area is 127 Å². The van der Waals surface area contributed by atoms with Crippen LogP contribution in [0.15, 0.2) is 30.5 Å². The second-order valence-electron chi connectivity index (χ2n) is 3.79. The number of carboxylic acids is 1. The van der Waals surface area contributed by atoms with Gasteiger partial charge in [0.25, 0.3) is 5.69 Å². The minimum absolute atomic E-state index is 0.130. The van der Waals surface area contributed by atoms with Crippen LogP contribution >= 0.6 is 23.2 Å². The van der Waals surface area contributed by atoms with E-state index in [9.17, 15) is 14.9 Å². The van der Waals surface area contributed by atoms with Crippen molar-refractivity contribution in [1.29, 1.82) is 0 Å². The highest BCUT2D eigenvalue weighted by atomic mass is 35.5. The molecule has 0 aliphatic heterocycles. The Morgan fingerprint density at radius 2 is 2.05 bits per heavy atom. The summed E-state index contributed by atoms with van der Waals surface area (Å²) >= 11 is 11.6. The lowest BCUT2D eigenvalue weighted by molar-refractivity contribution is -0.385. The molecule has 0 bridgehead atoms. The van der Waals surface area contributed by atoms with Crippen LogP contribution in [-0.4, -0.2) is 21.0 Å². The fraction of sp³-hybridized carbons (Fsp3) is 0. The number of pyridine rings is 1. The van der Waals surface area contributed by atoms with E-state index >= 15 is 0 Å². The first kappa shape index (κ1) is 15.0. The van der Waals surface area contributed by atoms with E-state index in [0.717, 1.165) is 12.3 Å². The van der Waals surface area contributed by atoms with Crippen LogP contribution < -0.4 is 4.74 Å². The van der Waals surface area contributed by atoms with Gasteiger partial charge < -0.3 is 9.84 Å². The van der Waals surface area contributed by atoms with Gasteiger partial charge in [-0.15, -0.1) is 0 Å². The van der Waals surface area contributed by atoms with Gasteiger partial charge in [-0.05, 0) is 18.2 Å². The Balaban J connectivity index is 2.44. The summed E-state index contributed by atoms with van der Waals surface area (Å²) in [5.41, 5.74) is -0.905. The van der Waals surface area contributed by atoms with Crippen LogP contribution in [0, 0.1) is 10.1 Å². The molecular weight excluding hydrogens is 323 g/mol. The highest BCUT2D eigenvalue weighted by molar-refractivity contribution is 6.35. The van der Waals surface area contributed by atoms with Crippen molar-refractivity contribution in [2.45, 2.75) is 0 Å². The molecule has 0 aliphatic rings. The minimum atomic E-state index is -1.41. The Kier molecular flexibility index (Phi) is 4.25. The van der Waals surface area contributed by atoms with Crippen molar-refractivity contribution >= 4 is 34.9 Å². The largest absolute Gasteiger partial charge is 0.477 e. The predicted molar refractivity (Wildman–Crippen MR) is 74.4 cm³/mol. The molecule has 1 aromatic heterocycles. The van der Waals surface area contributed by atoms with Crippen LogP contribution in [0.5, 0.6) is 11.6 Å². The first-order chi connectivity index (χ1) is 9.88. The van der Waals surface area contributed by atoms with E-state index in [1.165, 1.54) is 18.2 Å². The van der Waals surface area contributed by atoms with Gasteiger partial charge in [-0.2, -0.15) is 0 Å². The molecule has 0 aliphatic carbocycles. The van der Waals surface area contributed by atoms with Crippen molar-refractivity contribution in [3.63, 3.8) is 0 Å². The average Bonchev–Trinajstić information content (AvgIpc) is 2.41. The van der Waals surface area contributed by atoms with Gasteiger partial charge in [-0.3, -0.25) is 10.1 Å². The van der Waals surface area contributed by atoms with E-state index < -0.39 is 22.1 Å². The van der Waals surface area contributed by atoms with Crippen LogP contribution in [0.25, 0.3) is 0 Å². The first-order valence-corrected chi connectivity index (χ1v) is 6.14. The van der Waals surface area contributed by atoms with Gasteiger partial charge in [0.2, 0.25) is 5.88 Å². The number of benzene rings is 1. The molecule has 9 heteroatoms. The van der Waals surface area contributed by atoms with Gasteiger partial charge >= 0.3 is 5.97 Å². The molecule has 0 saturated heterocycles. The highest BCUT2D eigenvalue weighted by Gasteiger charge is 2.20. The molecule has 2 aromatic rings. The van der Waals surface area contributed by atoms with Crippen molar-refractivity contribution < 1.29 is 19.6 Å². The number of carboxylic acid groups (broad SMARTS) is 1. The third kappa shape index (κ3) is 3.39. The summed E-state index contributed by atoms with van der Waals surface area (Å²) in [6.07, 6.45) is 0.894. The average molecular weight is 329 g/mol. The minimum Gasteiger partial charge on any atom is -0.477 e. The van der Waals surface area contributed by atoms with E-state index in [1.54, 1.807) is 0 Å². The molecule has 108 valence electrons. The normalized spacial score (nSPS) is 10.2. The van der Waals surface area contributed by atoms with Crippen LogP contribution in [-0.2, 0) is 0 Å². The summed E-state index contributed by atoms with van der Waals surface area (Å²) < 4.78 is 5.29. The topological polar surface area (TPSA) is 103 Å². The maximum Gasteiger partial charge on any atom is 0.341 e. The third-order valence-electron chi connectivity index (χ3n) is 2.38. The lowest BCUT2D eigenvalue weighted by atomic mass is 10.2. The number of rotatable bonds is 4. The molecule has 0 saturated carbocycles. The third-order valence-corrected chi connectivity index (χ3v) is 2.91. The van der Waals surface area contributed by atoms with Gasteiger partial charge in [-0.1, -0.05) is 23.2 Å². The van der Waals surface area contributed by atoms with Crippen molar-refractivity contribution in [2.75, 3.05) is 0 Å². The Hall–Kier alpha value is -2.38. The summed E-state index contributed by atoms with van der Waals surface area (Å²) in [4.78, 5) is 24.7. The SMILES string of the molecule is O=C(O)c1cc([N+](=O)[O-])cnc1Oc1ccc(Cl)cc1Cl. The van der Waals surface area contributed by atoms with E-state index in [-0.39, 0.29) is 16.7 Å².